The van der Waals surface area contributed by atoms with Gasteiger partial charge in [-0.15, -0.1) is 0 Å². The van der Waals surface area contributed by atoms with Gasteiger partial charge in [-0.1, -0.05) is 74.1 Å². The minimum absolute atomic E-state index is 0. The molecular weight excluding hydrogens is 155 g/mol. The maximum absolute atomic E-state index is 2.36. The Balaban J connectivity index is -0.0000000607. The first-order valence-electron chi connectivity index (χ1n) is 5.39. The summed E-state index contributed by atoms with van der Waals surface area (Å²) in [7, 11) is 0. The van der Waals surface area contributed by atoms with Crippen molar-refractivity contribution >= 4 is 8.41 Å². The fourth-order valence-electron chi connectivity index (χ4n) is 1.31. The molecule has 81 valence electrons. The van der Waals surface area contributed by atoms with Crippen LogP contribution in [-0.4, -0.2) is 8.41 Å². The number of rotatable bonds is 0. The van der Waals surface area contributed by atoms with E-state index in [1.807, 2.05) is 27.7 Å². The normalized spacial score (nSPS) is 14.5. The van der Waals surface area contributed by atoms with Gasteiger partial charge in [-0.25, -0.2) is 0 Å². The van der Waals surface area contributed by atoms with Gasteiger partial charge in [0.15, 0.2) is 0 Å². The molecule has 1 saturated carbocycles. The maximum atomic E-state index is 2.36. The summed E-state index contributed by atoms with van der Waals surface area (Å²) in [6.45, 7) is 10.4. The van der Waals surface area contributed by atoms with Gasteiger partial charge in [0, 0.05) is 8.41 Å². The molecule has 0 aromatic heterocycles. The smallest absolute Gasteiger partial charge is 0 e. The molecule has 1 heteroatoms. The van der Waals surface area contributed by atoms with Crippen LogP contribution in [0.25, 0.3) is 0 Å². The van der Waals surface area contributed by atoms with Crippen LogP contribution in [-0.2, 0) is 0 Å². The Morgan fingerprint density at radius 2 is 1.08 bits per heavy atom. The Hall–Kier alpha value is 0.0649. The van der Waals surface area contributed by atoms with Gasteiger partial charge in [0.1, 0.15) is 0 Å². The molecule has 1 rings (SSSR count). The van der Waals surface area contributed by atoms with E-state index in [1.54, 1.807) is 0 Å². The second-order valence-corrected chi connectivity index (χ2v) is 2.74. The molecule has 0 unspecified atom stereocenters. The van der Waals surface area contributed by atoms with Gasteiger partial charge in [-0.2, -0.15) is 0 Å². The van der Waals surface area contributed by atoms with Gasteiger partial charge in [0.25, 0.3) is 0 Å². The lowest BCUT2D eigenvalue weighted by molar-refractivity contribution is 0.385. The molecule has 0 aromatic rings. The van der Waals surface area contributed by atoms with Gasteiger partial charge in [-0.05, 0) is 5.92 Å². The van der Waals surface area contributed by atoms with E-state index in [1.165, 1.54) is 32.1 Å². The van der Waals surface area contributed by atoms with Gasteiger partial charge >= 0.3 is 0 Å². The first-order chi connectivity index (χ1) is 5.39. The highest BCUT2D eigenvalue weighted by Gasteiger charge is 2.05. The fourth-order valence-corrected chi connectivity index (χ4v) is 1.31. The molecule has 0 nitrogen and oxygen atoms in total. The molecule has 0 atom stereocenters. The molecule has 0 bridgehead atoms. The molecule has 0 aromatic carbocycles. The topological polar surface area (TPSA) is 0 Å². The Morgan fingerprint density at radius 3 is 1.23 bits per heavy atom. The molecule has 0 N–H and O–H groups in total. The van der Waals surface area contributed by atoms with E-state index in [9.17, 15) is 0 Å². The SMILES string of the molecule is C.CC.CC.CC1CCCCC1.[B]. The Labute approximate surface area is 89.1 Å². The van der Waals surface area contributed by atoms with Gasteiger partial charge in [0.2, 0.25) is 0 Å². The third-order valence-electron chi connectivity index (χ3n) is 1.89. The van der Waals surface area contributed by atoms with Crippen molar-refractivity contribution in [2.75, 3.05) is 0 Å². The molecule has 3 radical (unpaired) electrons. The van der Waals surface area contributed by atoms with Crippen LogP contribution in [0.1, 0.15) is 74.1 Å². The molecule has 1 aliphatic carbocycles. The van der Waals surface area contributed by atoms with Crippen molar-refractivity contribution in [1.82, 2.24) is 0 Å². The fraction of sp³-hybridized carbons (Fsp3) is 1.00. The molecule has 0 amide bonds. The number of hydrogen-bond donors (Lipinski definition) is 0. The first kappa shape index (κ1) is 23.1. The molecule has 1 aliphatic rings. The van der Waals surface area contributed by atoms with Crippen LogP contribution in [0.3, 0.4) is 0 Å². The van der Waals surface area contributed by atoms with Crippen LogP contribution in [0.4, 0.5) is 0 Å². The summed E-state index contributed by atoms with van der Waals surface area (Å²) in [5.74, 6) is 1.04. The summed E-state index contributed by atoms with van der Waals surface area (Å²) in [5.41, 5.74) is 0. The Kier molecular flexibility index (Phi) is 40.4. The van der Waals surface area contributed by atoms with Crippen LogP contribution < -0.4 is 0 Å². The van der Waals surface area contributed by atoms with E-state index < -0.39 is 0 Å². The molecule has 0 saturated heterocycles. The lowest BCUT2D eigenvalue weighted by Gasteiger charge is -2.15. The monoisotopic (exact) mass is 185 g/mol. The quantitative estimate of drug-likeness (QED) is 0.471. The average Bonchev–Trinajstić information content (AvgIpc) is 2.13. The highest BCUT2D eigenvalue weighted by atomic mass is 14.1. The van der Waals surface area contributed by atoms with Crippen LogP contribution in [0, 0.1) is 5.92 Å². The number of hydrogen-bond acceptors (Lipinski definition) is 0. The second-order valence-electron chi connectivity index (χ2n) is 2.74. The zero-order valence-corrected chi connectivity index (χ0v) is 9.69. The van der Waals surface area contributed by atoms with Crippen LogP contribution in [0.15, 0.2) is 0 Å². The van der Waals surface area contributed by atoms with E-state index in [4.69, 9.17) is 0 Å². The van der Waals surface area contributed by atoms with Crippen molar-refractivity contribution in [2.24, 2.45) is 5.92 Å². The standard InChI is InChI=1S/C7H14.2C2H6.CH4.B/c1-7-5-3-2-4-6-7;2*1-2;;/h7H,2-6H2,1H3;2*1-2H3;1H4;. The van der Waals surface area contributed by atoms with Gasteiger partial charge in [0.05, 0.1) is 0 Å². The highest BCUT2D eigenvalue weighted by Crippen LogP contribution is 2.21. The first-order valence-corrected chi connectivity index (χ1v) is 5.39. The van der Waals surface area contributed by atoms with Gasteiger partial charge < -0.3 is 0 Å². The third kappa shape index (κ3) is 18.8. The van der Waals surface area contributed by atoms with E-state index in [2.05, 4.69) is 6.92 Å². The predicted octanol–water partition coefficient (Wildman–Crippen LogP) is 4.89. The second kappa shape index (κ2) is 22.7. The zero-order chi connectivity index (χ0) is 9.11. The largest absolute Gasteiger partial charge is 0.0776 e. The van der Waals surface area contributed by atoms with E-state index in [0.29, 0.717) is 0 Å². The Morgan fingerprint density at radius 1 is 0.769 bits per heavy atom. The molecule has 0 spiro atoms. The minimum atomic E-state index is 0. The van der Waals surface area contributed by atoms with Crippen molar-refractivity contribution in [3.63, 3.8) is 0 Å². The lowest BCUT2D eigenvalue weighted by atomic mass is 9.91. The molecular formula is C12H30B. The highest BCUT2D eigenvalue weighted by molar-refractivity contribution is 5.75. The summed E-state index contributed by atoms with van der Waals surface area (Å²) in [6.07, 6.45) is 7.44. The molecule has 0 aliphatic heterocycles. The summed E-state index contributed by atoms with van der Waals surface area (Å²) in [4.78, 5) is 0. The average molecular weight is 185 g/mol. The summed E-state index contributed by atoms with van der Waals surface area (Å²) in [5, 5.41) is 0. The van der Waals surface area contributed by atoms with Crippen LogP contribution in [0.2, 0.25) is 0 Å². The minimum Gasteiger partial charge on any atom is -0.0776 e. The van der Waals surface area contributed by atoms with E-state index in [0.717, 1.165) is 5.92 Å². The van der Waals surface area contributed by atoms with Crippen molar-refractivity contribution in [2.45, 2.75) is 74.1 Å². The lowest BCUT2D eigenvalue weighted by Crippen LogP contribution is -1.99. The summed E-state index contributed by atoms with van der Waals surface area (Å²) < 4.78 is 0. The van der Waals surface area contributed by atoms with Crippen molar-refractivity contribution in [1.29, 1.82) is 0 Å². The van der Waals surface area contributed by atoms with Crippen molar-refractivity contribution in [3.05, 3.63) is 0 Å². The van der Waals surface area contributed by atoms with E-state index in [-0.39, 0.29) is 15.8 Å². The third-order valence-corrected chi connectivity index (χ3v) is 1.89. The summed E-state index contributed by atoms with van der Waals surface area (Å²) >= 11 is 0. The van der Waals surface area contributed by atoms with Crippen LogP contribution >= 0.6 is 0 Å². The van der Waals surface area contributed by atoms with Crippen LogP contribution in [0.5, 0.6) is 0 Å². The molecule has 13 heavy (non-hydrogen) atoms. The van der Waals surface area contributed by atoms with Crippen molar-refractivity contribution in [3.8, 4) is 0 Å². The Bertz CT molecular complexity index is 47.1. The maximum Gasteiger partial charge on any atom is 0 e. The predicted molar refractivity (Wildman–Crippen MR) is 67.4 cm³/mol. The van der Waals surface area contributed by atoms with Gasteiger partial charge in [-0.3, -0.25) is 0 Å². The molecule has 1 fully saturated rings. The van der Waals surface area contributed by atoms with E-state index >= 15 is 0 Å². The molecule has 0 heterocycles. The zero-order valence-electron chi connectivity index (χ0n) is 9.69. The van der Waals surface area contributed by atoms with Crippen molar-refractivity contribution < 1.29 is 0 Å². The summed E-state index contributed by atoms with van der Waals surface area (Å²) in [6, 6.07) is 0.